The van der Waals surface area contributed by atoms with Gasteiger partial charge in [0.25, 0.3) is 0 Å². The number of benzene rings is 6. The Hall–Kier alpha value is -6.45. The summed E-state index contributed by atoms with van der Waals surface area (Å²) in [5, 5.41) is 12.2. The number of aliphatic hydroxyl groups excluding tert-OH is 1. The van der Waals surface area contributed by atoms with Crippen molar-refractivity contribution in [3.63, 3.8) is 0 Å². The van der Waals surface area contributed by atoms with Gasteiger partial charge in [-0.3, -0.25) is 18.8 Å². The fraction of sp³-hybridized carbons (Fsp3) is 0.184. The van der Waals surface area contributed by atoms with E-state index in [9.17, 15) is 24.2 Å². The molecule has 0 radical (unpaired) electrons. The number of rotatable bonds is 18. The summed E-state index contributed by atoms with van der Waals surface area (Å²) in [4.78, 5) is 41.1. The average molecular weight is 822 g/mol. The number of allylic oxidation sites excluding steroid dienone is 1. The highest BCUT2D eigenvalue weighted by Gasteiger charge is 2.40. The third-order valence-electron chi connectivity index (χ3n) is 10.5. The maximum Gasteiger partial charge on any atom is 0.365 e. The van der Waals surface area contributed by atoms with Gasteiger partial charge >= 0.3 is 13.6 Å². The van der Waals surface area contributed by atoms with Gasteiger partial charge in [0.15, 0.2) is 6.35 Å². The number of amides is 3. The summed E-state index contributed by atoms with van der Waals surface area (Å²) in [7, 11) is -4.23. The maximum atomic E-state index is 14.8. The van der Waals surface area contributed by atoms with Gasteiger partial charge in [0.1, 0.15) is 11.5 Å². The normalized spacial score (nSPS) is 15.7. The number of carbonyl (C=O) groups excluding carboxylic acids is 2. The summed E-state index contributed by atoms with van der Waals surface area (Å²) in [5.74, 6) is -0.126. The molecule has 0 aromatic heterocycles. The van der Waals surface area contributed by atoms with Crippen LogP contribution in [-0.2, 0) is 41.4 Å². The van der Waals surface area contributed by atoms with Crippen molar-refractivity contribution < 1.29 is 33.4 Å². The maximum absolute atomic E-state index is 14.8. The Morgan fingerprint density at radius 2 is 1.27 bits per heavy atom. The van der Waals surface area contributed by atoms with E-state index >= 15 is 0 Å². The van der Waals surface area contributed by atoms with E-state index in [-0.39, 0.29) is 24.9 Å². The predicted molar refractivity (Wildman–Crippen MR) is 232 cm³/mol. The van der Waals surface area contributed by atoms with Gasteiger partial charge in [-0.15, -0.1) is 0 Å². The largest absolute Gasteiger partial charge is 0.508 e. The van der Waals surface area contributed by atoms with Crippen LogP contribution in [0.4, 0.5) is 4.79 Å². The standard InChI is InChI=1S/C49H48N3O7P/c50-48(54)42-23-13-20-40(30-42)34-52-45(31-37-16-7-2-8-17-37)47(53)44(29-26-36-14-5-1-6-15-36)51(49(52)55)33-39-24-27-43(28-25-39)58-35-60(56,57)59-46(41-21-11-4-12-22-41)32-38-18-9-3-10-19-38/h1-25,27-28,30,45-46,53H,26,29,31-35H2,(H2,50,54)(H,56,57). The van der Waals surface area contributed by atoms with Crippen LogP contribution in [-0.4, -0.2) is 44.1 Å². The lowest BCUT2D eigenvalue weighted by Crippen LogP contribution is -2.53. The van der Waals surface area contributed by atoms with E-state index in [2.05, 4.69) is 0 Å². The SMILES string of the molecule is NC(=O)c1cccc(CN2C(=O)N(Cc3ccc(OCP(=O)(O)OC(Cc4ccccc4)c4ccccc4)cc3)C(CCc3ccccc3)=C(O)C2Cc2ccccc2)c1. The van der Waals surface area contributed by atoms with Crippen molar-refractivity contribution >= 4 is 19.5 Å². The summed E-state index contributed by atoms with van der Waals surface area (Å²) in [6.07, 6.45) is 0.538. The monoisotopic (exact) mass is 821 g/mol. The van der Waals surface area contributed by atoms with Gasteiger partial charge in [0.2, 0.25) is 5.91 Å². The zero-order valence-electron chi connectivity index (χ0n) is 33.1. The predicted octanol–water partition coefficient (Wildman–Crippen LogP) is 9.76. The highest BCUT2D eigenvalue weighted by molar-refractivity contribution is 7.52. The number of carbonyl (C=O) groups is 2. The first-order valence-corrected chi connectivity index (χ1v) is 21.7. The van der Waals surface area contributed by atoms with Crippen LogP contribution >= 0.6 is 7.60 Å². The van der Waals surface area contributed by atoms with Crippen molar-refractivity contribution in [2.75, 3.05) is 6.35 Å². The number of primary amides is 1. The van der Waals surface area contributed by atoms with E-state index in [0.29, 0.717) is 48.3 Å². The number of aliphatic hydroxyl groups is 1. The molecule has 7 rings (SSSR count). The van der Waals surface area contributed by atoms with E-state index in [1.165, 1.54) is 0 Å². The third kappa shape index (κ3) is 11.0. The van der Waals surface area contributed by atoms with Crippen molar-refractivity contribution in [2.45, 2.75) is 50.9 Å². The molecule has 0 saturated carbocycles. The number of nitrogens with zero attached hydrogens (tertiary/aromatic N) is 2. The molecule has 11 heteroatoms. The number of ether oxygens (including phenoxy) is 1. The first kappa shape index (κ1) is 41.7. The molecule has 6 aromatic rings. The van der Waals surface area contributed by atoms with Crippen molar-refractivity contribution in [3.05, 3.63) is 220 Å². The minimum Gasteiger partial charge on any atom is -0.508 e. The smallest absolute Gasteiger partial charge is 0.365 e. The quantitative estimate of drug-likeness (QED) is 0.0733. The molecule has 10 nitrogen and oxygen atoms in total. The van der Waals surface area contributed by atoms with E-state index < -0.39 is 32.0 Å². The van der Waals surface area contributed by atoms with E-state index in [4.69, 9.17) is 15.0 Å². The van der Waals surface area contributed by atoms with E-state index in [1.807, 2.05) is 127 Å². The second kappa shape index (κ2) is 19.5. The van der Waals surface area contributed by atoms with Crippen molar-refractivity contribution in [1.29, 1.82) is 0 Å². The fourth-order valence-electron chi connectivity index (χ4n) is 7.43. The Bertz CT molecular complexity index is 2430. The van der Waals surface area contributed by atoms with E-state index in [0.717, 1.165) is 27.8 Å². The molecule has 1 aliphatic rings. The summed E-state index contributed by atoms with van der Waals surface area (Å²) in [5.41, 5.74) is 11.7. The molecule has 3 unspecified atom stereocenters. The number of aryl methyl sites for hydroxylation is 1. The van der Waals surface area contributed by atoms with Crippen LogP contribution < -0.4 is 10.5 Å². The van der Waals surface area contributed by atoms with Gasteiger partial charge in [0.05, 0.1) is 24.4 Å². The molecule has 60 heavy (non-hydrogen) atoms. The summed E-state index contributed by atoms with van der Waals surface area (Å²) in [6, 6.07) is 51.4. The number of hydrogen-bond donors (Lipinski definition) is 3. The molecule has 3 amide bonds. The third-order valence-corrected chi connectivity index (χ3v) is 11.5. The number of nitrogens with two attached hydrogens (primary N) is 1. The van der Waals surface area contributed by atoms with Crippen molar-refractivity contribution in [3.8, 4) is 5.75 Å². The molecule has 0 bridgehead atoms. The van der Waals surface area contributed by atoms with Crippen LogP contribution in [0.2, 0.25) is 0 Å². The lowest BCUT2D eigenvalue weighted by atomic mass is 9.96. The summed E-state index contributed by atoms with van der Waals surface area (Å²) in [6.45, 7) is 0.250. The second-order valence-corrected chi connectivity index (χ2v) is 16.6. The van der Waals surface area contributed by atoms with Crippen LogP contribution in [0.1, 0.15) is 56.3 Å². The molecule has 6 aromatic carbocycles. The van der Waals surface area contributed by atoms with Gasteiger partial charge in [-0.1, -0.05) is 146 Å². The van der Waals surface area contributed by atoms with Crippen LogP contribution in [0.25, 0.3) is 0 Å². The number of hydrogen-bond acceptors (Lipinski definition) is 6. The molecule has 0 spiro atoms. The van der Waals surface area contributed by atoms with Crippen LogP contribution in [0.5, 0.6) is 5.75 Å². The van der Waals surface area contributed by atoms with E-state index in [1.54, 1.807) is 52.3 Å². The first-order valence-electron chi connectivity index (χ1n) is 19.9. The molecule has 1 heterocycles. The Morgan fingerprint density at radius 3 is 1.90 bits per heavy atom. The van der Waals surface area contributed by atoms with Crippen molar-refractivity contribution in [2.24, 2.45) is 5.73 Å². The Morgan fingerprint density at radius 1 is 0.683 bits per heavy atom. The topological polar surface area (TPSA) is 143 Å². The lowest BCUT2D eigenvalue weighted by Gasteiger charge is -2.42. The Balaban J connectivity index is 1.12. The molecular weight excluding hydrogens is 774 g/mol. The van der Waals surface area contributed by atoms with Crippen LogP contribution in [0.15, 0.2) is 181 Å². The van der Waals surface area contributed by atoms with Crippen molar-refractivity contribution in [1.82, 2.24) is 9.80 Å². The minimum absolute atomic E-state index is 0.0974. The van der Waals surface area contributed by atoms with Gasteiger partial charge in [0, 0.05) is 24.9 Å². The first-order chi connectivity index (χ1) is 29.1. The zero-order valence-corrected chi connectivity index (χ0v) is 34.0. The van der Waals surface area contributed by atoms with Gasteiger partial charge in [-0.05, 0) is 70.5 Å². The second-order valence-electron chi connectivity index (χ2n) is 14.8. The fourth-order valence-corrected chi connectivity index (χ4v) is 8.40. The van der Waals surface area contributed by atoms with Gasteiger partial charge in [-0.25, -0.2) is 4.79 Å². The molecule has 306 valence electrons. The molecular formula is C49H48N3O7P. The lowest BCUT2D eigenvalue weighted by molar-refractivity contribution is 0.0999. The highest BCUT2D eigenvalue weighted by atomic mass is 31.2. The average Bonchev–Trinajstić information content (AvgIpc) is 3.27. The minimum atomic E-state index is -4.23. The number of urea groups is 1. The Labute approximate surface area is 350 Å². The van der Waals surface area contributed by atoms with Crippen LogP contribution in [0, 0.1) is 0 Å². The molecule has 0 fully saturated rings. The molecule has 0 saturated heterocycles. The molecule has 4 N–H and O–H groups in total. The van der Waals surface area contributed by atoms with Crippen LogP contribution in [0.3, 0.4) is 0 Å². The van der Waals surface area contributed by atoms with Gasteiger partial charge < -0.3 is 25.4 Å². The van der Waals surface area contributed by atoms with Gasteiger partial charge in [-0.2, -0.15) is 0 Å². The molecule has 1 aliphatic heterocycles. The molecule has 0 aliphatic carbocycles. The molecule has 3 atom stereocenters. The Kier molecular flexibility index (Phi) is 13.6. The highest BCUT2D eigenvalue weighted by Crippen LogP contribution is 2.48. The summed E-state index contributed by atoms with van der Waals surface area (Å²) >= 11 is 0. The summed E-state index contributed by atoms with van der Waals surface area (Å²) < 4.78 is 25.1. The zero-order chi connectivity index (χ0) is 41.9.